The molecule has 4 saturated carbocycles. The van der Waals surface area contributed by atoms with E-state index >= 15 is 0 Å². The standard InChI is InChI=1S/C29H38N4O5/c1-18(34)38-26-22-11-19-12-23(26)15-29(13-19,14-22)27(35)31-24-3-2-8-33(17-24)25-5-4-21(16-30-25)20-6-9-32(10-7-20)28(36)37/h4-6,16,19,22-24,26H,2-3,7-15,17H2,1H3,(H,31,35)(H,36,37)/t19?,22?,23?,24-,26?,29?/m0/s1. The lowest BCUT2D eigenvalue weighted by Crippen LogP contribution is -2.61. The van der Waals surface area contributed by atoms with Crippen molar-refractivity contribution >= 4 is 29.4 Å². The molecule has 2 amide bonds. The van der Waals surface area contributed by atoms with Crippen molar-refractivity contribution < 1.29 is 24.2 Å². The van der Waals surface area contributed by atoms with E-state index in [1.807, 2.05) is 18.3 Å². The molecule has 3 atom stereocenters. The van der Waals surface area contributed by atoms with E-state index in [0.717, 1.165) is 75.0 Å². The molecule has 2 unspecified atom stereocenters. The smallest absolute Gasteiger partial charge is 0.407 e. The van der Waals surface area contributed by atoms with Crippen LogP contribution in [0.15, 0.2) is 24.4 Å². The van der Waals surface area contributed by atoms with Crippen LogP contribution in [-0.4, -0.2) is 71.3 Å². The maximum Gasteiger partial charge on any atom is 0.407 e. The average molecular weight is 523 g/mol. The molecular formula is C29H38N4O5. The Morgan fingerprint density at radius 3 is 2.55 bits per heavy atom. The zero-order valence-electron chi connectivity index (χ0n) is 22.1. The van der Waals surface area contributed by atoms with Gasteiger partial charge in [0.25, 0.3) is 0 Å². The summed E-state index contributed by atoms with van der Waals surface area (Å²) >= 11 is 0. The summed E-state index contributed by atoms with van der Waals surface area (Å²) in [4.78, 5) is 44.9. The van der Waals surface area contributed by atoms with Crippen LogP contribution in [0.5, 0.6) is 0 Å². The molecule has 5 fully saturated rings. The number of nitrogens with zero attached hydrogens (tertiary/aromatic N) is 3. The molecule has 4 aliphatic carbocycles. The quantitative estimate of drug-likeness (QED) is 0.567. The number of nitrogens with one attached hydrogen (secondary N) is 1. The van der Waals surface area contributed by atoms with Crippen molar-refractivity contribution in [1.29, 1.82) is 0 Å². The van der Waals surface area contributed by atoms with Crippen LogP contribution >= 0.6 is 0 Å². The van der Waals surface area contributed by atoms with E-state index in [0.29, 0.717) is 37.3 Å². The number of hydrogen-bond donors (Lipinski definition) is 2. The molecule has 2 N–H and O–H groups in total. The van der Waals surface area contributed by atoms with Gasteiger partial charge in [-0.3, -0.25) is 9.59 Å². The van der Waals surface area contributed by atoms with Gasteiger partial charge in [-0.05, 0) is 92.4 Å². The van der Waals surface area contributed by atoms with Crippen LogP contribution in [0.3, 0.4) is 0 Å². The number of carbonyl (C=O) groups is 3. The number of carboxylic acid groups (broad SMARTS) is 1. The Bertz CT molecular complexity index is 1120. The Balaban J connectivity index is 1.07. The maximum atomic E-state index is 13.7. The molecule has 0 radical (unpaired) electrons. The highest BCUT2D eigenvalue weighted by atomic mass is 16.5. The number of pyridine rings is 1. The fourth-order valence-corrected chi connectivity index (χ4v) is 8.15. The minimum atomic E-state index is -0.880. The topological polar surface area (TPSA) is 112 Å². The van der Waals surface area contributed by atoms with E-state index in [4.69, 9.17) is 14.8 Å². The number of ether oxygens (including phenoxy) is 1. The number of rotatable bonds is 5. The van der Waals surface area contributed by atoms with Gasteiger partial charge in [0.05, 0.1) is 5.41 Å². The lowest BCUT2D eigenvalue weighted by atomic mass is 9.48. The Hall–Kier alpha value is -3.10. The zero-order chi connectivity index (χ0) is 26.4. The summed E-state index contributed by atoms with van der Waals surface area (Å²) in [5.41, 5.74) is 1.87. The van der Waals surface area contributed by atoms with E-state index in [9.17, 15) is 14.4 Å². The highest BCUT2D eigenvalue weighted by molar-refractivity contribution is 5.83. The summed E-state index contributed by atoms with van der Waals surface area (Å²) in [6.45, 7) is 4.07. The van der Waals surface area contributed by atoms with Gasteiger partial charge in [-0.15, -0.1) is 0 Å². The zero-order valence-corrected chi connectivity index (χ0v) is 22.1. The highest BCUT2D eigenvalue weighted by Crippen LogP contribution is 2.61. The van der Waals surface area contributed by atoms with Crippen molar-refractivity contribution in [3.8, 4) is 0 Å². The first-order valence-corrected chi connectivity index (χ1v) is 14.2. The molecule has 1 aromatic heterocycles. The molecule has 0 spiro atoms. The third-order valence-electron chi connectivity index (χ3n) is 9.65. The third kappa shape index (κ3) is 4.76. The van der Waals surface area contributed by atoms with Crippen molar-refractivity contribution in [3.05, 3.63) is 30.0 Å². The van der Waals surface area contributed by atoms with Crippen LogP contribution in [0.25, 0.3) is 5.57 Å². The van der Waals surface area contributed by atoms with Crippen LogP contribution in [0.1, 0.15) is 63.9 Å². The van der Waals surface area contributed by atoms with Gasteiger partial charge in [-0.1, -0.05) is 6.08 Å². The predicted molar refractivity (Wildman–Crippen MR) is 141 cm³/mol. The predicted octanol–water partition coefficient (Wildman–Crippen LogP) is 3.69. The van der Waals surface area contributed by atoms with E-state index in [1.54, 1.807) is 0 Å². The summed E-state index contributed by atoms with van der Waals surface area (Å²) < 4.78 is 5.71. The SMILES string of the molecule is CC(=O)OC1C2CC3CC1CC(C(=O)N[C@H]1CCCN(c4ccc(C5=CCN(C(=O)O)CC5)cn4)C1)(C3)C2. The van der Waals surface area contributed by atoms with Gasteiger partial charge in [-0.25, -0.2) is 9.78 Å². The average Bonchev–Trinajstić information content (AvgIpc) is 2.90. The van der Waals surface area contributed by atoms with Gasteiger partial charge in [0.2, 0.25) is 5.91 Å². The van der Waals surface area contributed by atoms with Gasteiger partial charge in [0, 0.05) is 45.3 Å². The van der Waals surface area contributed by atoms with Crippen molar-refractivity contribution in [2.45, 2.75) is 70.4 Å². The second-order valence-corrected chi connectivity index (χ2v) is 12.2. The summed E-state index contributed by atoms with van der Waals surface area (Å²) in [6.07, 6.45) is 10.4. The van der Waals surface area contributed by atoms with Gasteiger partial charge in [0.1, 0.15) is 11.9 Å². The van der Waals surface area contributed by atoms with Crippen molar-refractivity contribution in [2.24, 2.45) is 23.2 Å². The molecule has 4 bridgehead atoms. The Morgan fingerprint density at radius 1 is 1.13 bits per heavy atom. The minimum absolute atomic E-state index is 0.00956. The Labute approximate surface area is 223 Å². The van der Waals surface area contributed by atoms with Gasteiger partial charge < -0.3 is 25.0 Å². The molecule has 7 rings (SSSR count). The number of carbonyl (C=O) groups excluding carboxylic acids is 2. The Kier molecular flexibility index (Phi) is 6.56. The van der Waals surface area contributed by atoms with Gasteiger partial charge >= 0.3 is 12.1 Å². The van der Waals surface area contributed by atoms with Crippen LogP contribution in [-0.2, 0) is 14.3 Å². The number of esters is 1. The largest absolute Gasteiger partial charge is 0.465 e. The first kappa shape index (κ1) is 25.2. The molecule has 2 aliphatic heterocycles. The molecule has 1 aromatic rings. The first-order valence-electron chi connectivity index (χ1n) is 14.2. The Morgan fingerprint density at radius 2 is 1.92 bits per heavy atom. The monoisotopic (exact) mass is 522 g/mol. The van der Waals surface area contributed by atoms with Crippen molar-refractivity contribution in [3.63, 3.8) is 0 Å². The highest BCUT2D eigenvalue weighted by Gasteiger charge is 2.59. The molecule has 9 nitrogen and oxygen atoms in total. The van der Waals surface area contributed by atoms with E-state index in [-0.39, 0.29) is 29.4 Å². The summed E-state index contributed by atoms with van der Waals surface area (Å²) in [5, 5.41) is 12.6. The molecular weight excluding hydrogens is 484 g/mol. The van der Waals surface area contributed by atoms with Crippen LogP contribution < -0.4 is 10.2 Å². The number of anilines is 1. The van der Waals surface area contributed by atoms with E-state index < -0.39 is 6.09 Å². The number of aromatic nitrogens is 1. The number of hydrogen-bond acceptors (Lipinski definition) is 6. The van der Waals surface area contributed by atoms with Crippen LogP contribution in [0, 0.1) is 23.2 Å². The van der Waals surface area contributed by atoms with Crippen molar-refractivity contribution in [1.82, 2.24) is 15.2 Å². The van der Waals surface area contributed by atoms with E-state index in [2.05, 4.69) is 16.3 Å². The summed E-state index contributed by atoms with van der Waals surface area (Å²) in [5.74, 6) is 2.11. The van der Waals surface area contributed by atoms with Gasteiger partial charge in [0.15, 0.2) is 0 Å². The lowest BCUT2D eigenvalue weighted by molar-refractivity contribution is -0.183. The van der Waals surface area contributed by atoms with Crippen LogP contribution in [0.2, 0.25) is 0 Å². The summed E-state index contributed by atoms with van der Waals surface area (Å²) in [7, 11) is 0. The molecule has 1 saturated heterocycles. The molecule has 6 aliphatic rings. The maximum absolute atomic E-state index is 13.7. The van der Waals surface area contributed by atoms with Crippen molar-refractivity contribution in [2.75, 3.05) is 31.1 Å². The van der Waals surface area contributed by atoms with Gasteiger partial charge in [-0.2, -0.15) is 0 Å². The molecule has 204 valence electrons. The minimum Gasteiger partial charge on any atom is -0.465 e. The first-order chi connectivity index (χ1) is 18.3. The second kappa shape index (κ2) is 9.89. The number of amides is 2. The molecule has 38 heavy (non-hydrogen) atoms. The normalized spacial score (nSPS) is 34.0. The second-order valence-electron chi connectivity index (χ2n) is 12.2. The fourth-order valence-electron chi connectivity index (χ4n) is 8.15. The molecule has 9 heteroatoms. The number of piperidine rings is 1. The lowest BCUT2D eigenvalue weighted by Gasteiger charge is -2.58. The fraction of sp³-hybridized carbons (Fsp3) is 0.655. The third-order valence-corrected chi connectivity index (χ3v) is 9.65. The molecule has 3 heterocycles. The summed E-state index contributed by atoms with van der Waals surface area (Å²) in [6, 6.07) is 4.21. The van der Waals surface area contributed by atoms with E-state index in [1.165, 1.54) is 11.8 Å². The van der Waals surface area contributed by atoms with Crippen LogP contribution in [0.4, 0.5) is 10.6 Å². The molecule has 0 aromatic carbocycles.